The number of thiazole rings is 1. The van der Waals surface area contributed by atoms with Gasteiger partial charge in [0.15, 0.2) is 10.9 Å². The van der Waals surface area contributed by atoms with E-state index in [0.717, 1.165) is 61.0 Å². The Hall–Kier alpha value is -2.72. The second kappa shape index (κ2) is 9.73. The van der Waals surface area contributed by atoms with Crippen molar-refractivity contribution in [1.82, 2.24) is 10.1 Å². The van der Waals surface area contributed by atoms with Crippen molar-refractivity contribution in [1.29, 1.82) is 0 Å². The summed E-state index contributed by atoms with van der Waals surface area (Å²) in [4.78, 5) is 18.2. The third kappa shape index (κ3) is 4.49. The Kier molecular flexibility index (Phi) is 6.30. The molecule has 1 N–H and O–H groups in total. The molecule has 39 heavy (non-hydrogen) atoms. The number of carboxylic acid groups (broad SMARTS) is 1. The Balaban J connectivity index is 1.11. The van der Waals surface area contributed by atoms with Crippen molar-refractivity contribution in [2.75, 3.05) is 4.90 Å². The minimum absolute atomic E-state index is 0.0417. The number of rotatable bonds is 7. The lowest BCUT2D eigenvalue weighted by Gasteiger charge is -2.38. The molecule has 2 aromatic heterocycles. The van der Waals surface area contributed by atoms with E-state index < -0.39 is 11.8 Å². The Morgan fingerprint density at radius 1 is 1.15 bits per heavy atom. The predicted molar refractivity (Wildman–Crippen MR) is 148 cm³/mol. The summed E-state index contributed by atoms with van der Waals surface area (Å²) in [5.41, 5.74) is 2.38. The molecular formula is C28H24Cl2FN3O4S. The fourth-order valence-electron chi connectivity index (χ4n) is 6.04. The number of aromatic carboxylic acids is 1. The topological polar surface area (TPSA) is 88.7 Å². The van der Waals surface area contributed by atoms with Gasteiger partial charge in [-0.15, -0.1) is 0 Å². The molecule has 1 aliphatic carbocycles. The molecule has 7 rings (SSSR count). The number of aromatic nitrogens is 2. The average molecular weight is 588 g/mol. The van der Waals surface area contributed by atoms with E-state index in [2.05, 4.69) is 15.0 Å². The van der Waals surface area contributed by atoms with E-state index in [9.17, 15) is 14.3 Å². The number of benzene rings is 2. The van der Waals surface area contributed by atoms with E-state index in [1.165, 1.54) is 17.4 Å². The van der Waals surface area contributed by atoms with Crippen molar-refractivity contribution in [2.45, 2.75) is 69.2 Å². The van der Waals surface area contributed by atoms with Crippen LogP contribution in [-0.4, -0.2) is 39.4 Å². The number of nitrogens with zero attached hydrogens (tertiary/aromatic N) is 3. The van der Waals surface area contributed by atoms with Gasteiger partial charge in [0.25, 0.3) is 0 Å². The third-order valence-corrected chi connectivity index (χ3v) is 9.67. The maximum absolute atomic E-state index is 14.6. The van der Waals surface area contributed by atoms with E-state index in [-0.39, 0.29) is 29.3 Å². The molecule has 3 fully saturated rings. The molecule has 1 saturated carbocycles. The molecule has 4 aromatic rings. The van der Waals surface area contributed by atoms with Gasteiger partial charge in [-0.3, -0.25) is 0 Å². The zero-order valence-electron chi connectivity index (χ0n) is 20.7. The van der Waals surface area contributed by atoms with Gasteiger partial charge in [-0.2, -0.15) is 0 Å². The number of halogens is 3. The molecule has 11 heteroatoms. The van der Waals surface area contributed by atoms with Crippen LogP contribution in [0.3, 0.4) is 0 Å². The van der Waals surface area contributed by atoms with Crippen molar-refractivity contribution in [3.05, 3.63) is 63.1 Å². The van der Waals surface area contributed by atoms with Crippen LogP contribution < -0.4 is 4.90 Å². The van der Waals surface area contributed by atoms with Crippen molar-refractivity contribution >= 4 is 55.9 Å². The first-order valence-corrected chi connectivity index (χ1v) is 14.6. The van der Waals surface area contributed by atoms with Gasteiger partial charge in [0.05, 0.1) is 33.0 Å². The molecule has 3 aliphatic rings. The molecule has 7 nitrogen and oxygen atoms in total. The normalized spacial score (nSPS) is 22.6. The first-order valence-electron chi connectivity index (χ1n) is 13.0. The number of anilines is 1. The number of ether oxygens (including phenoxy) is 1. The zero-order valence-corrected chi connectivity index (χ0v) is 23.0. The molecule has 1 unspecified atom stereocenters. The Labute approximate surface area is 237 Å². The van der Waals surface area contributed by atoms with Gasteiger partial charge in [-0.25, -0.2) is 14.2 Å². The number of fused-ring (bicyclic) bond motifs is 3. The molecule has 2 saturated heterocycles. The summed E-state index contributed by atoms with van der Waals surface area (Å²) in [5, 5.41) is 15.4. The van der Waals surface area contributed by atoms with Gasteiger partial charge in [0.1, 0.15) is 17.0 Å². The Bertz CT molecular complexity index is 1570. The lowest BCUT2D eigenvalue weighted by atomic mass is 10.00. The lowest BCUT2D eigenvalue weighted by molar-refractivity contribution is 0.0147. The molecule has 0 spiro atoms. The summed E-state index contributed by atoms with van der Waals surface area (Å²) >= 11 is 14.4. The van der Waals surface area contributed by atoms with E-state index in [1.807, 2.05) is 0 Å². The van der Waals surface area contributed by atoms with Crippen LogP contribution in [0.15, 0.2) is 34.9 Å². The van der Waals surface area contributed by atoms with Crippen LogP contribution in [0.25, 0.3) is 21.5 Å². The standard InChI is InChI=1S/C28H24Cl2FN3O4S/c29-19-2-1-3-20(30)23(19)24-18(26(38-33-24)13-4-5-13)12-37-17-10-15-6-7-16(11-17)34(15)28-32-25-21(31)8-14(27(35)36)9-22(25)39-28/h1-3,8-9,13,15-17H,4-7,10-12H2,(H,35,36)/t15-,16+,17?. The summed E-state index contributed by atoms with van der Waals surface area (Å²) in [6.45, 7) is 0.362. The summed E-state index contributed by atoms with van der Waals surface area (Å²) in [5.74, 6) is -0.544. The lowest BCUT2D eigenvalue weighted by Crippen LogP contribution is -2.45. The van der Waals surface area contributed by atoms with Gasteiger partial charge in [0.2, 0.25) is 0 Å². The minimum atomic E-state index is -1.15. The molecule has 3 atom stereocenters. The minimum Gasteiger partial charge on any atom is -0.478 e. The average Bonchev–Trinajstić information content (AvgIpc) is 3.42. The first-order chi connectivity index (χ1) is 18.9. The van der Waals surface area contributed by atoms with Crippen LogP contribution in [0.2, 0.25) is 10.0 Å². The molecule has 2 aliphatic heterocycles. The van der Waals surface area contributed by atoms with Gasteiger partial charge in [-0.05, 0) is 62.8 Å². The molecule has 2 bridgehead atoms. The van der Waals surface area contributed by atoms with Gasteiger partial charge in [0, 0.05) is 29.1 Å². The molecule has 202 valence electrons. The van der Waals surface area contributed by atoms with E-state index >= 15 is 0 Å². The first kappa shape index (κ1) is 25.3. The maximum atomic E-state index is 14.6. The van der Waals surface area contributed by atoms with Gasteiger partial charge in [-0.1, -0.05) is 45.8 Å². The predicted octanol–water partition coefficient (Wildman–Crippen LogP) is 7.69. The maximum Gasteiger partial charge on any atom is 0.335 e. The molecule has 4 heterocycles. The molecule has 2 aromatic carbocycles. The van der Waals surface area contributed by atoms with Crippen LogP contribution in [0.4, 0.5) is 9.52 Å². The van der Waals surface area contributed by atoms with Crippen molar-refractivity contribution in [2.24, 2.45) is 0 Å². The summed E-state index contributed by atoms with van der Waals surface area (Å²) < 4.78 is 27.5. The number of hydrogen-bond acceptors (Lipinski definition) is 7. The quantitative estimate of drug-likeness (QED) is 0.237. The highest BCUT2D eigenvalue weighted by Crippen LogP contribution is 2.47. The van der Waals surface area contributed by atoms with E-state index in [0.29, 0.717) is 38.5 Å². The van der Waals surface area contributed by atoms with Crippen LogP contribution in [0, 0.1) is 5.82 Å². The number of carboxylic acids is 1. The van der Waals surface area contributed by atoms with Crippen LogP contribution in [-0.2, 0) is 11.3 Å². The smallest absolute Gasteiger partial charge is 0.335 e. The molecule has 0 amide bonds. The van der Waals surface area contributed by atoms with Gasteiger partial charge >= 0.3 is 5.97 Å². The Morgan fingerprint density at radius 2 is 1.87 bits per heavy atom. The summed E-state index contributed by atoms with van der Waals surface area (Å²) in [7, 11) is 0. The largest absolute Gasteiger partial charge is 0.478 e. The van der Waals surface area contributed by atoms with Crippen molar-refractivity contribution in [3.8, 4) is 11.3 Å². The molecule has 0 radical (unpaired) electrons. The summed E-state index contributed by atoms with van der Waals surface area (Å²) in [6, 6.07) is 8.37. The molecular weight excluding hydrogens is 564 g/mol. The summed E-state index contributed by atoms with van der Waals surface area (Å²) in [6.07, 6.45) is 5.83. The fraction of sp³-hybridized carbons (Fsp3) is 0.393. The fourth-order valence-corrected chi connectivity index (χ4v) is 7.78. The highest BCUT2D eigenvalue weighted by Gasteiger charge is 2.43. The highest BCUT2D eigenvalue weighted by atomic mass is 35.5. The zero-order chi connectivity index (χ0) is 26.8. The van der Waals surface area contributed by atoms with Gasteiger partial charge < -0.3 is 19.3 Å². The number of piperidine rings is 1. The highest BCUT2D eigenvalue weighted by molar-refractivity contribution is 7.22. The van der Waals surface area contributed by atoms with Crippen molar-refractivity contribution < 1.29 is 23.6 Å². The van der Waals surface area contributed by atoms with Crippen LogP contribution in [0.5, 0.6) is 0 Å². The third-order valence-electron chi connectivity index (χ3n) is 8.02. The van der Waals surface area contributed by atoms with Crippen molar-refractivity contribution in [3.63, 3.8) is 0 Å². The second-order valence-electron chi connectivity index (χ2n) is 10.5. The van der Waals surface area contributed by atoms with E-state index in [1.54, 1.807) is 18.2 Å². The van der Waals surface area contributed by atoms with Crippen LogP contribution in [0.1, 0.15) is 66.1 Å². The number of carbonyl (C=O) groups is 1. The second-order valence-corrected chi connectivity index (χ2v) is 12.4. The van der Waals surface area contributed by atoms with Crippen LogP contribution >= 0.6 is 34.5 Å². The number of hydrogen-bond donors (Lipinski definition) is 1. The van der Waals surface area contributed by atoms with E-state index in [4.69, 9.17) is 32.5 Å². The monoisotopic (exact) mass is 587 g/mol. The Morgan fingerprint density at radius 3 is 2.54 bits per heavy atom. The SMILES string of the molecule is O=C(O)c1cc(F)c2nc(N3[C@@H]4CC[C@H]3CC(OCc3c(-c5c(Cl)cccc5Cl)noc3C3CC3)C4)sc2c1.